The maximum absolute atomic E-state index is 13.6. The van der Waals surface area contributed by atoms with E-state index in [1.165, 1.54) is 10.1 Å². The molecule has 0 radical (unpaired) electrons. The van der Waals surface area contributed by atoms with Crippen molar-refractivity contribution in [3.63, 3.8) is 0 Å². The molecule has 0 unspecified atom stereocenters. The first kappa shape index (κ1) is 37.2. The van der Waals surface area contributed by atoms with E-state index < -0.39 is 35.1 Å². The van der Waals surface area contributed by atoms with Gasteiger partial charge in [0, 0.05) is 25.3 Å². The monoisotopic (exact) mass is 676 g/mol. The Bertz CT molecular complexity index is 1640. The molecule has 2 amide bonds. The largest absolute Gasteiger partial charge is 0.444 e. The lowest BCUT2D eigenvalue weighted by Gasteiger charge is -2.26. The van der Waals surface area contributed by atoms with E-state index >= 15 is 0 Å². The first-order chi connectivity index (χ1) is 22.9. The van der Waals surface area contributed by atoms with Gasteiger partial charge in [-0.25, -0.2) is 28.9 Å². The van der Waals surface area contributed by atoms with Crippen molar-refractivity contribution in [2.24, 2.45) is 0 Å². The van der Waals surface area contributed by atoms with Crippen molar-refractivity contribution in [2.45, 2.75) is 111 Å². The number of benzene rings is 1. The lowest BCUT2D eigenvalue weighted by molar-refractivity contribution is 0.0520. The van der Waals surface area contributed by atoms with Gasteiger partial charge in [-0.2, -0.15) is 0 Å². The van der Waals surface area contributed by atoms with Crippen LogP contribution in [0.15, 0.2) is 48.0 Å². The van der Waals surface area contributed by atoms with Crippen LogP contribution < -0.4 is 15.5 Å². The number of hydrogen-bond donors (Lipinski definition) is 2. The molecule has 0 atom stereocenters. The van der Waals surface area contributed by atoms with Crippen LogP contribution in [0.3, 0.4) is 0 Å². The first-order valence-corrected chi connectivity index (χ1v) is 16.9. The minimum absolute atomic E-state index is 0.118. The van der Waals surface area contributed by atoms with E-state index in [1.54, 1.807) is 41.5 Å². The summed E-state index contributed by atoms with van der Waals surface area (Å²) in [6.07, 6.45) is 4.37. The Kier molecular flexibility index (Phi) is 11.6. The number of carbonyl (C=O) groups excluding carboxylic acids is 3. The summed E-state index contributed by atoms with van der Waals surface area (Å²) in [7, 11) is 0. The molecule has 0 saturated carbocycles. The summed E-state index contributed by atoms with van der Waals surface area (Å²) in [5, 5.41) is 5.59. The summed E-state index contributed by atoms with van der Waals surface area (Å²) < 4.78 is 18.2. The molecular formula is C37H52N6O6. The molecule has 12 heteroatoms. The Morgan fingerprint density at radius 3 is 2.00 bits per heavy atom. The number of aromatic nitrogens is 3. The van der Waals surface area contributed by atoms with Crippen LogP contribution in [0.4, 0.5) is 20.2 Å². The summed E-state index contributed by atoms with van der Waals surface area (Å²) in [6.45, 7) is 17.0. The number of amides is 2. The van der Waals surface area contributed by atoms with Crippen molar-refractivity contribution in [1.29, 1.82) is 0 Å². The number of aryl methyl sites for hydroxylation is 2. The van der Waals surface area contributed by atoms with Gasteiger partial charge in [-0.05, 0) is 117 Å². The molecule has 1 aliphatic rings. The highest BCUT2D eigenvalue weighted by Gasteiger charge is 2.25. The minimum Gasteiger partial charge on any atom is -0.444 e. The molecule has 2 heterocycles. The summed E-state index contributed by atoms with van der Waals surface area (Å²) in [5.74, 6) is 1.21. The minimum atomic E-state index is -0.709. The van der Waals surface area contributed by atoms with Crippen LogP contribution >= 0.6 is 0 Å². The Hall–Kier alpha value is -4.61. The molecule has 4 rings (SSSR count). The first-order valence-electron chi connectivity index (χ1n) is 16.9. The molecule has 2 N–H and O–H groups in total. The molecular weight excluding hydrogens is 624 g/mol. The van der Waals surface area contributed by atoms with Crippen molar-refractivity contribution in [3.05, 3.63) is 65.1 Å². The summed E-state index contributed by atoms with van der Waals surface area (Å²) in [5.41, 5.74) is 2.28. The SMILES string of the molecule is CC(C)(C)OC(=O)NCC(=CCN(Cc1nc2ccccc2n1C(=O)OC(C)(C)C)c1ccc2c(n1)CCCC2)CNC(=O)OC(C)(C)C. The highest BCUT2D eigenvalue weighted by Crippen LogP contribution is 2.26. The zero-order valence-electron chi connectivity index (χ0n) is 30.4. The lowest BCUT2D eigenvalue weighted by Crippen LogP contribution is -2.37. The number of imidazole rings is 1. The van der Waals surface area contributed by atoms with E-state index in [4.69, 9.17) is 24.2 Å². The van der Waals surface area contributed by atoms with Gasteiger partial charge in [-0.15, -0.1) is 0 Å². The van der Waals surface area contributed by atoms with Gasteiger partial charge in [0.25, 0.3) is 0 Å². The van der Waals surface area contributed by atoms with Gasteiger partial charge >= 0.3 is 18.3 Å². The number of nitrogens with zero attached hydrogens (tertiary/aromatic N) is 4. The van der Waals surface area contributed by atoms with Crippen molar-refractivity contribution < 1.29 is 28.6 Å². The average Bonchev–Trinajstić information content (AvgIpc) is 3.35. The predicted octanol–water partition coefficient (Wildman–Crippen LogP) is 7.08. The number of para-hydroxylation sites is 2. The van der Waals surface area contributed by atoms with E-state index in [9.17, 15) is 14.4 Å². The molecule has 0 bridgehead atoms. The molecule has 0 fully saturated rings. The van der Waals surface area contributed by atoms with Gasteiger partial charge in [0.05, 0.1) is 17.6 Å². The number of pyridine rings is 1. The van der Waals surface area contributed by atoms with E-state index in [1.807, 2.05) is 62.1 Å². The van der Waals surface area contributed by atoms with E-state index in [0.29, 0.717) is 29.0 Å². The number of hydrogen-bond acceptors (Lipinski definition) is 9. The molecule has 0 aliphatic heterocycles. The number of nitrogens with one attached hydrogen (secondary N) is 2. The van der Waals surface area contributed by atoms with Crippen molar-refractivity contribution in [1.82, 2.24) is 25.2 Å². The second-order valence-corrected chi connectivity index (χ2v) is 15.3. The topological polar surface area (TPSA) is 137 Å². The van der Waals surface area contributed by atoms with Crippen LogP contribution in [0, 0.1) is 0 Å². The Morgan fingerprint density at radius 2 is 1.39 bits per heavy atom. The molecule has 0 spiro atoms. The highest BCUT2D eigenvalue weighted by molar-refractivity contribution is 5.87. The van der Waals surface area contributed by atoms with E-state index in [-0.39, 0.29) is 19.6 Å². The van der Waals surface area contributed by atoms with Crippen LogP contribution in [0.1, 0.15) is 92.2 Å². The average molecular weight is 677 g/mol. The fraction of sp³-hybridized carbons (Fsp3) is 0.541. The quantitative estimate of drug-likeness (QED) is 0.180. The fourth-order valence-corrected chi connectivity index (χ4v) is 5.30. The molecule has 12 nitrogen and oxygen atoms in total. The molecule has 1 aromatic carbocycles. The van der Waals surface area contributed by atoms with E-state index in [2.05, 4.69) is 16.7 Å². The second-order valence-electron chi connectivity index (χ2n) is 15.3. The molecule has 2 aromatic heterocycles. The summed E-state index contributed by atoms with van der Waals surface area (Å²) in [6, 6.07) is 11.6. The maximum Gasteiger partial charge on any atom is 0.420 e. The van der Waals surface area contributed by atoms with Crippen LogP contribution in [-0.2, 0) is 33.6 Å². The molecule has 49 heavy (non-hydrogen) atoms. The van der Waals surface area contributed by atoms with Gasteiger partial charge in [0.1, 0.15) is 28.4 Å². The second kappa shape index (κ2) is 15.3. The third-order valence-corrected chi connectivity index (χ3v) is 7.34. The van der Waals surface area contributed by atoms with E-state index in [0.717, 1.165) is 37.2 Å². The number of ether oxygens (including phenoxy) is 3. The molecule has 0 saturated heterocycles. The predicted molar refractivity (Wildman–Crippen MR) is 190 cm³/mol. The highest BCUT2D eigenvalue weighted by atomic mass is 16.6. The number of alkyl carbamates (subject to hydrolysis) is 2. The zero-order valence-corrected chi connectivity index (χ0v) is 30.4. The van der Waals surface area contributed by atoms with Crippen LogP contribution in [-0.4, -0.2) is 69.3 Å². The number of fused-ring (bicyclic) bond motifs is 2. The Labute approximate surface area is 289 Å². The fourth-order valence-electron chi connectivity index (χ4n) is 5.30. The molecule has 1 aliphatic carbocycles. The van der Waals surface area contributed by atoms with Crippen molar-refractivity contribution in [2.75, 3.05) is 24.5 Å². The van der Waals surface area contributed by atoms with Crippen molar-refractivity contribution >= 4 is 35.1 Å². The van der Waals surface area contributed by atoms with Crippen LogP contribution in [0.5, 0.6) is 0 Å². The molecule has 3 aromatic rings. The van der Waals surface area contributed by atoms with Crippen LogP contribution in [0.25, 0.3) is 11.0 Å². The third-order valence-electron chi connectivity index (χ3n) is 7.34. The summed E-state index contributed by atoms with van der Waals surface area (Å²) in [4.78, 5) is 50.7. The van der Waals surface area contributed by atoms with Gasteiger partial charge < -0.3 is 29.7 Å². The maximum atomic E-state index is 13.6. The van der Waals surface area contributed by atoms with Gasteiger partial charge in [0.2, 0.25) is 0 Å². The summed E-state index contributed by atoms with van der Waals surface area (Å²) >= 11 is 0. The molecule has 266 valence electrons. The number of carbonyl (C=O) groups is 3. The normalized spacial score (nSPS) is 13.2. The van der Waals surface area contributed by atoms with Crippen LogP contribution in [0.2, 0.25) is 0 Å². The Morgan fingerprint density at radius 1 is 0.796 bits per heavy atom. The van der Waals surface area contributed by atoms with Crippen molar-refractivity contribution in [3.8, 4) is 0 Å². The smallest absolute Gasteiger partial charge is 0.420 e. The number of anilines is 1. The van der Waals surface area contributed by atoms with Gasteiger partial charge in [0.15, 0.2) is 0 Å². The van der Waals surface area contributed by atoms with Gasteiger partial charge in [-0.1, -0.05) is 24.3 Å². The number of rotatable bonds is 9. The zero-order chi connectivity index (χ0) is 36.0. The standard InChI is InChI=1S/C37H52N6O6/c1-35(2,3)47-32(44)38-22-25(23-39-33(45)48-36(4,5)6)20-21-42(30-19-18-26-14-10-11-15-27(26)40-30)24-31-41-28-16-12-13-17-29(28)43(31)34(46)49-37(7,8)9/h12-13,16-20H,10-11,14-15,21-24H2,1-9H3,(H,38,44)(H,39,45). The lowest BCUT2D eigenvalue weighted by atomic mass is 9.96. The van der Waals surface area contributed by atoms with Gasteiger partial charge in [-0.3, -0.25) is 0 Å². The Balaban J connectivity index is 1.70. The third kappa shape index (κ3) is 11.5.